The molecular weight excluding hydrogens is 490 g/mol. The Hall–Kier alpha value is -3.51. The lowest BCUT2D eigenvalue weighted by Gasteiger charge is -2.41. The Balaban J connectivity index is 1.20. The van der Waals surface area contributed by atoms with Crippen molar-refractivity contribution in [1.29, 1.82) is 0 Å². The van der Waals surface area contributed by atoms with Crippen molar-refractivity contribution in [3.8, 4) is 23.8 Å². The first-order valence-corrected chi connectivity index (χ1v) is 12.9. The van der Waals surface area contributed by atoms with Crippen molar-refractivity contribution in [3.05, 3.63) is 64.9 Å². The molecule has 0 bridgehead atoms. The largest absolute Gasteiger partial charge is 0.417 e. The van der Waals surface area contributed by atoms with Crippen LogP contribution in [0.1, 0.15) is 24.1 Å². The van der Waals surface area contributed by atoms with E-state index in [0.717, 1.165) is 69.2 Å². The number of benzene rings is 2. The maximum atomic E-state index is 12.6. The van der Waals surface area contributed by atoms with Gasteiger partial charge in [0.25, 0.3) is 0 Å². The lowest BCUT2D eigenvalue weighted by molar-refractivity contribution is 0.0115. The fourth-order valence-corrected chi connectivity index (χ4v) is 5.13. The van der Waals surface area contributed by atoms with Gasteiger partial charge >= 0.3 is 6.09 Å². The van der Waals surface area contributed by atoms with Crippen LogP contribution in [0.3, 0.4) is 0 Å². The lowest BCUT2D eigenvalue weighted by atomic mass is 10.0. The highest BCUT2D eigenvalue weighted by molar-refractivity contribution is 6.30. The molecule has 0 spiro atoms. The van der Waals surface area contributed by atoms with Crippen molar-refractivity contribution in [2.45, 2.75) is 25.8 Å². The van der Waals surface area contributed by atoms with Crippen LogP contribution in [0.5, 0.6) is 5.75 Å². The van der Waals surface area contributed by atoms with Crippen LogP contribution >= 0.6 is 11.6 Å². The zero-order chi connectivity index (χ0) is 25.8. The molecule has 9 heteroatoms. The predicted octanol–water partition coefficient (Wildman–Crippen LogP) is 4.73. The van der Waals surface area contributed by atoms with Crippen molar-refractivity contribution < 1.29 is 14.3 Å². The van der Waals surface area contributed by atoms with Gasteiger partial charge in [0.15, 0.2) is 5.75 Å². The average Bonchev–Trinajstić information content (AvgIpc) is 3.29. The summed E-state index contributed by atoms with van der Waals surface area (Å²) >= 11 is 5.97. The number of terminal acetylenes is 1. The van der Waals surface area contributed by atoms with Crippen LogP contribution in [0.2, 0.25) is 5.02 Å². The van der Waals surface area contributed by atoms with Gasteiger partial charge in [0.1, 0.15) is 0 Å². The van der Waals surface area contributed by atoms with Crippen LogP contribution in [-0.4, -0.2) is 66.2 Å². The highest BCUT2D eigenvalue weighted by atomic mass is 35.5. The minimum absolute atomic E-state index is 0.365. The topological polar surface area (TPSA) is 71.9 Å². The van der Waals surface area contributed by atoms with E-state index in [-0.39, 0.29) is 0 Å². The number of aromatic nitrogens is 2. The average molecular weight is 520 g/mol. The zero-order valence-corrected chi connectivity index (χ0v) is 21.6. The number of nitrogens with zero attached hydrogens (tertiary/aromatic N) is 4. The van der Waals surface area contributed by atoms with Gasteiger partial charge in [-0.2, -0.15) is 5.10 Å². The molecule has 1 N–H and O–H groups in total. The molecule has 0 unspecified atom stereocenters. The van der Waals surface area contributed by atoms with E-state index in [2.05, 4.69) is 26.1 Å². The number of nitrogens with one attached hydrogen (secondary N) is 1. The van der Waals surface area contributed by atoms with E-state index in [4.69, 9.17) is 27.5 Å². The van der Waals surface area contributed by atoms with Crippen molar-refractivity contribution in [3.63, 3.8) is 0 Å². The molecule has 0 atom stereocenters. The molecule has 192 valence electrons. The molecule has 2 aliphatic rings. The third kappa shape index (κ3) is 5.75. The molecule has 2 saturated heterocycles. The molecule has 2 aromatic carbocycles. The fourth-order valence-electron chi connectivity index (χ4n) is 5.00. The molecule has 1 aromatic heterocycles. The van der Waals surface area contributed by atoms with E-state index < -0.39 is 6.09 Å². The summed E-state index contributed by atoms with van der Waals surface area (Å²) in [5, 5.41) is 7.75. The van der Waals surface area contributed by atoms with E-state index in [1.807, 2.05) is 37.3 Å². The smallest absolute Gasteiger partial charge is 0.406 e. The van der Waals surface area contributed by atoms with Gasteiger partial charge in [-0.15, -0.1) is 6.42 Å². The van der Waals surface area contributed by atoms with Gasteiger partial charge < -0.3 is 14.4 Å². The number of carbonyl (C=O) groups is 1. The normalized spacial score (nSPS) is 16.8. The standard InChI is InChI=1S/C28H30ClN5O3/c1-3-21-18-23(6-9-26(21)33-12-10-24(11-13-33)32-14-16-36-17-15-32)31-28(35)37-27-19-30-34(20(27)2)25-7-4-22(29)5-8-25/h1,4-9,18-19,24H,10-17H2,2H3,(H,31,35). The SMILES string of the molecule is C#Cc1cc(NC(=O)Oc2cnn(-c3ccc(Cl)cc3)c2C)ccc1N1CCC(N2CCOCC2)CC1. The van der Waals surface area contributed by atoms with Crippen molar-refractivity contribution in [2.75, 3.05) is 49.6 Å². The second kappa shape index (κ2) is 11.3. The van der Waals surface area contributed by atoms with Crippen LogP contribution < -0.4 is 15.0 Å². The van der Waals surface area contributed by atoms with E-state index in [1.54, 1.807) is 16.8 Å². The first-order chi connectivity index (χ1) is 18.0. The number of piperidine rings is 1. The van der Waals surface area contributed by atoms with Gasteiger partial charge in [0.05, 0.1) is 36.5 Å². The number of halogens is 1. The number of hydrogen-bond acceptors (Lipinski definition) is 6. The first-order valence-electron chi connectivity index (χ1n) is 12.5. The summed E-state index contributed by atoms with van der Waals surface area (Å²) in [4.78, 5) is 17.5. The maximum Gasteiger partial charge on any atom is 0.417 e. The Bertz CT molecular complexity index is 1290. The van der Waals surface area contributed by atoms with Crippen LogP contribution in [-0.2, 0) is 4.74 Å². The summed E-state index contributed by atoms with van der Waals surface area (Å²) in [6.45, 7) is 7.39. The van der Waals surface area contributed by atoms with Crippen molar-refractivity contribution in [1.82, 2.24) is 14.7 Å². The summed E-state index contributed by atoms with van der Waals surface area (Å²) in [5.74, 6) is 3.15. The van der Waals surface area contributed by atoms with Gasteiger partial charge in [-0.25, -0.2) is 9.48 Å². The Labute approximate surface area is 222 Å². The van der Waals surface area contributed by atoms with Crippen LogP contribution in [0.25, 0.3) is 5.69 Å². The van der Waals surface area contributed by atoms with Crippen LogP contribution in [0, 0.1) is 19.3 Å². The molecule has 0 aliphatic carbocycles. The Morgan fingerprint density at radius 2 is 1.86 bits per heavy atom. The molecule has 37 heavy (non-hydrogen) atoms. The molecular formula is C28H30ClN5O3. The monoisotopic (exact) mass is 519 g/mol. The Kier molecular flexibility index (Phi) is 7.65. The van der Waals surface area contributed by atoms with Crippen molar-refractivity contribution in [2.24, 2.45) is 0 Å². The van der Waals surface area contributed by atoms with Gasteiger partial charge in [-0.3, -0.25) is 10.2 Å². The van der Waals surface area contributed by atoms with Crippen LogP contribution in [0.15, 0.2) is 48.7 Å². The third-order valence-electron chi connectivity index (χ3n) is 7.00. The van der Waals surface area contributed by atoms with Gasteiger partial charge in [0, 0.05) is 48.5 Å². The minimum Gasteiger partial charge on any atom is -0.406 e. The number of anilines is 2. The zero-order valence-electron chi connectivity index (χ0n) is 20.8. The Morgan fingerprint density at radius 3 is 2.57 bits per heavy atom. The Morgan fingerprint density at radius 1 is 1.14 bits per heavy atom. The molecule has 2 aliphatic heterocycles. The quantitative estimate of drug-likeness (QED) is 0.491. The minimum atomic E-state index is -0.610. The molecule has 8 nitrogen and oxygen atoms in total. The summed E-state index contributed by atoms with van der Waals surface area (Å²) in [7, 11) is 0. The van der Waals surface area contributed by atoms with Crippen molar-refractivity contribution >= 4 is 29.1 Å². The van der Waals surface area contributed by atoms with E-state index >= 15 is 0 Å². The first kappa shape index (κ1) is 25.2. The fraction of sp³-hybridized carbons (Fsp3) is 0.357. The molecule has 5 rings (SSSR count). The summed E-state index contributed by atoms with van der Waals surface area (Å²) in [6.07, 6.45) is 8.95. The van der Waals surface area contributed by atoms with E-state index in [1.165, 1.54) is 6.20 Å². The number of carbonyl (C=O) groups excluding carboxylic acids is 1. The molecule has 3 heterocycles. The summed E-state index contributed by atoms with van der Waals surface area (Å²) < 4.78 is 12.7. The molecule has 0 saturated carbocycles. The number of rotatable bonds is 5. The van der Waals surface area contributed by atoms with E-state index in [9.17, 15) is 4.79 Å². The molecule has 2 fully saturated rings. The number of hydrogen-bond donors (Lipinski definition) is 1. The van der Waals surface area contributed by atoms with E-state index in [0.29, 0.717) is 28.2 Å². The van der Waals surface area contributed by atoms with Crippen LogP contribution in [0.4, 0.5) is 16.2 Å². The third-order valence-corrected chi connectivity index (χ3v) is 7.26. The molecule has 0 radical (unpaired) electrons. The highest BCUT2D eigenvalue weighted by Gasteiger charge is 2.26. The van der Waals surface area contributed by atoms with Gasteiger partial charge in [0.2, 0.25) is 0 Å². The lowest BCUT2D eigenvalue weighted by Crippen LogP contribution is -2.49. The summed E-state index contributed by atoms with van der Waals surface area (Å²) in [6, 6.07) is 13.5. The second-order valence-corrected chi connectivity index (χ2v) is 9.68. The maximum absolute atomic E-state index is 12.6. The number of ether oxygens (including phenoxy) is 2. The number of morpholine rings is 1. The molecule has 1 amide bonds. The summed E-state index contributed by atoms with van der Waals surface area (Å²) in [5.41, 5.74) is 3.85. The van der Waals surface area contributed by atoms with Gasteiger partial charge in [-0.1, -0.05) is 17.5 Å². The van der Waals surface area contributed by atoms with Gasteiger partial charge in [-0.05, 0) is 62.2 Å². The second-order valence-electron chi connectivity index (χ2n) is 9.24. The molecule has 3 aromatic rings. The highest BCUT2D eigenvalue weighted by Crippen LogP contribution is 2.29. The number of amides is 1. The predicted molar refractivity (Wildman–Crippen MR) is 145 cm³/mol.